The van der Waals surface area contributed by atoms with Crippen molar-refractivity contribution in [3.05, 3.63) is 187 Å². The standard InChI is InChI=1S/C47H35N/c1-47(2)43-31-38(27-28-41(43)45-42(34-18-7-4-8-19-34)30-36-21-11-12-23-40(36)46(45)47)48(37-26-25-32-15-9-10-20-35(32)29-37)44-24-14-13-22-39(44)33-16-5-3-6-17-33/h3-31H,1-2H3. The quantitative estimate of drug-likeness (QED) is 0.187. The molecule has 0 saturated carbocycles. The normalized spacial score (nSPS) is 13.0. The smallest absolute Gasteiger partial charge is 0.0540 e. The average molecular weight is 614 g/mol. The van der Waals surface area contributed by atoms with E-state index in [0.717, 1.165) is 17.1 Å². The minimum absolute atomic E-state index is 0.209. The molecule has 0 radical (unpaired) electrons. The molecule has 1 nitrogen and oxygen atoms in total. The van der Waals surface area contributed by atoms with E-state index in [0.29, 0.717) is 0 Å². The summed E-state index contributed by atoms with van der Waals surface area (Å²) in [6.07, 6.45) is 0. The first-order chi connectivity index (χ1) is 23.6. The molecular formula is C47H35N. The summed E-state index contributed by atoms with van der Waals surface area (Å²) in [7, 11) is 0. The van der Waals surface area contributed by atoms with Crippen LogP contribution in [-0.2, 0) is 5.41 Å². The van der Waals surface area contributed by atoms with Crippen molar-refractivity contribution in [3.8, 4) is 33.4 Å². The summed E-state index contributed by atoms with van der Waals surface area (Å²) in [4.78, 5) is 2.45. The predicted molar refractivity (Wildman–Crippen MR) is 205 cm³/mol. The maximum absolute atomic E-state index is 2.45. The number of para-hydroxylation sites is 1. The SMILES string of the molecule is CC1(C)c2cc(N(c3ccc4ccccc4c3)c3ccccc3-c3ccccc3)ccc2-c2c(-c3ccccc3)cc3ccccc3c21. The molecule has 0 spiro atoms. The Bertz CT molecular complexity index is 2470. The van der Waals surface area contributed by atoms with Crippen LogP contribution >= 0.6 is 0 Å². The lowest BCUT2D eigenvalue weighted by molar-refractivity contribution is 0.666. The average Bonchev–Trinajstić information content (AvgIpc) is 3.38. The lowest BCUT2D eigenvalue weighted by Gasteiger charge is -2.30. The fraction of sp³-hybridized carbons (Fsp3) is 0.0638. The Morgan fingerprint density at radius 2 is 1.00 bits per heavy atom. The van der Waals surface area contributed by atoms with Crippen LogP contribution in [0.5, 0.6) is 0 Å². The molecule has 1 aliphatic carbocycles. The summed E-state index contributed by atoms with van der Waals surface area (Å²) in [6, 6.07) is 64.3. The van der Waals surface area contributed by atoms with Gasteiger partial charge in [-0.15, -0.1) is 0 Å². The van der Waals surface area contributed by atoms with Gasteiger partial charge in [0.1, 0.15) is 0 Å². The molecule has 0 amide bonds. The summed E-state index contributed by atoms with van der Waals surface area (Å²) in [6.45, 7) is 4.81. The highest BCUT2D eigenvalue weighted by Gasteiger charge is 2.39. The number of rotatable bonds is 5. The first-order valence-corrected chi connectivity index (χ1v) is 16.8. The van der Waals surface area contributed by atoms with Crippen LogP contribution in [0.25, 0.3) is 54.9 Å². The first kappa shape index (κ1) is 28.3. The number of anilines is 3. The van der Waals surface area contributed by atoms with Crippen molar-refractivity contribution < 1.29 is 0 Å². The summed E-state index contributed by atoms with van der Waals surface area (Å²) >= 11 is 0. The zero-order chi connectivity index (χ0) is 32.2. The van der Waals surface area contributed by atoms with Gasteiger partial charge in [-0.05, 0) is 96.9 Å². The van der Waals surface area contributed by atoms with E-state index in [4.69, 9.17) is 0 Å². The molecule has 0 aliphatic heterocycles. The Morgan fingerprint density at radius 3 is 1.77 bits per heavy atom. The van der Waals surface area contributed by atoms with Gasteiger partial charge in [-0.25, -0.2) is 0 Å². The Hall–Kier alpha value is -5.92. The Labute approximate surface area is 282 Å². The highest BCUT2D eigenvalue weighted by molar-refractivity contribution is 6.05. The van der Waals surface area contributed by atoms with Crippen LogP contribution in [0.3, 0.4) is 0 Å². The number of hydrogen-bond donors (Lipinski definition) is 0. The number of hydrogen-bond acceptors (Lipinski definition) is 1. The van der Waals surface area contributed by atoms with E-state index < -0.39 is 0 Å². The minimum atomic E-state index is -0.209. The van der Waals surface area contributed by atoms with Gasteiger partial charge in [0, 0.05) is 22.4 Å². The van der Waals surface area contributed by atoms with Gasteiger partial charge in [0.15, 0.2) is 0 Å². The van der Waals surface area contributed by atoms with Crippen molar-refractivity contribution in [1.82, 2.24) is 0 Å². The van der Waals surface area contributed by atoms with Gasteiger partial charge < -0.3 is 4.90 Å². The van der Waals surface area contributed by atoms with Crippen molar-refractivity contribution in [1.29, 1.82) is 0 Å². The zero-order valence-electron chi connectivity index (χ0n) is 27.2. The molecule has 0 saturated heterocycles. The highest BCUT2D eigenvalue weighted by Crippen LogP contribution is 2.56. The van der Waals surface area contributed by atoms with Crippen LogP contribution < -0.4 is 4.90 Å². The van der Waals surface area contributed by atoms with Crippen LogP contribution in [0, 0.1) is 0 Å². The Kier molecular flexibility index (Phi) is 6.55. The van der Waals surface area contributed by atoms with Gasteiger partial charge in [0.2, 0.25) is 0 Å². The topological polar surface area (TPSA) is 3.24 Å². The molecule has 48 heavy (non-hydrogen) atoms. The van der Waals surface area contributed by atoms with E-state index >= 15 is 0 Å². The van der Waals surface area contributed by atoms with E-state index in [1.807, 2.05) is 0 Å². The van der Waals surface area contributed by atoms with Crippen molar-refractivity contribution in [2.75, 3.05) is 4.90 Å². The van der Waals surface area contributed by atoms with Crippen LogP contribution in [0.4, 0.5) is 17.1 Å². The third-order valence-electron chi connectivity index (χ3n) is 10.2. The van der Waals surface area contributed by atoms with Crippen LogP contribution in [0.2, 0.25) is 0 Å². The van der Waals surface area contributed by atoms with Crippen molar-refractivity contribution in [3.63, 3.8) is 0 Å². The van der Waals surface area contributed by atoms with Gasteiger partial charge >= 0.3 is 0 Å². The molecule has 228 valence electrons. The first-order valence-electron chi connectivity index (χ1n) is 16.8. The lowest BCUT2D eigenvalue weighted by Crippen LogP contribution is -2.17. The molecular weight excluding hydrogens is 579 g/mol. The van der Waals surface area contributed by atoms with Crippen LogP contribution in [0.1, 0.15) is 25.0 Å². The largest absolute Gasteiger partial charge is 0.310 e. The second kappa shape index (κ2) is 11.1. The third-order valence-corrected chi connectivity index (χ3v) is 10.2. The molecule has 9 rings (SSSR count). The number of fused-ring (bicyclic) bond motifs is 6. The Morgan fingerprint density at radius 1 is 0.417 bits per heavy atom. The maximum atomic E-state index is 2.45. The molecule has 0 N–H and O–H groups in total. The van der Waals surface area contributed by atoms with E-state index in [-0.39, 0.29) is 5.41 Å². The monoisotopic (exact) mass is 613 g/mol. The molecule has 8 aromatic rings. The molecule has 0 aromatic heterocycles. The highest BCUT2D eigenvalue weighted by atomic mass is 15.1. The van der Waals surface area contributed by atoms with Gasteiger partial charge in [0.05, 0.1) is 5.69 Å². The van der Waals surface area contributed by atoms with Crippen molar-refractivity contribution >= 4 is 38.6 Å². The molecule has 0 atom stereocenters. The number of nitrogens with zero attached hydrogens (tertiary/aromatic N) is 1. The van der Waals surface area contributed by atoms with Crippen LogP contribution in [0.15, 0.2) is 176 Å². The Balaban J connectivity index is 1.30. The lowest BCUT2D eigenvalue weighted by atomic mass is 9.79. The zero-order valence-corrected chi connectivity index (χ0v) is 27.2. The maximum Gasteiger partial charge on any atom is 0.0540 e. The predicted octanol–water partition coefficient (Wildman–Crippen LogP) is 13.1. The second-order valence-electron chi connectivity index (χ2n) is 13.4. The summed E-state index contributed by atoms with van der Waals surface area (Å²) in [5.74, 6) is 0. The van der Waals surface area contributed by atoms with Gasteiger partial charge in [-0.2, -0.15) is 0 Å². The fourth-order valence-electron chi connectivity index (χ4n) is 7.94. The van der Waals surface area contributed by atoms with E-state index in [9.17, 15) is 0 Å². The molecule has 1 aliphatic rings. The van der Waals surface area contributed by atoms with E-state index in [2.05, 4.69) is 195 Å². The second-order valence-corrected chi connectivity index (χ2v) is 13.4. The molecule has 0 heterocycles. The minimum Gasteiger partial charge on any atom is -0.310 e. The third kappa shape index (κ3) is 4.47. The molecule has 0 fully saturated rings. The van der Waals surface area contributed by atoms with Gasteiger partial charge in [0.25, 0.3) is 0 Å². The van der Waals surface area contributed by atoms with Crippen molar-refractivity contribution in [2.45, 2.75) is 19.3 Å². The van der Waals surface area contributed by atoms with Crippen LogP contribution in [-0.4, -0.2) is 0 Å². The molecule has 0 unspecified atom stereocenters. The summed E-state index contributed by atoms with van der Waals surface area (Å²) in [5, 5.41) is 5.08. The van der Waals surface area contributed by atoms with Crippen molar-refractivity contribution in [2.24, 2.45) is 0 Å². The van der Waals surface area contributed by atoms with Gasteiger partial charge in [-0.1, -0.05) is 153 Å². The summed E-state index contributed by atoms with van der Waals surface area (Å²) in [5.41, 5.74) is 13.6. The van der Waals surface area contributed by atoms with Gasteiger partial charge in [-0.3, -0.25) is 0 Å². The van der Waals surface area contributed by atoms with E-state index in [1.54, 1.807) is 0 Å². The fourth-order valence-corrected chi connectivity index (χ4v) is 7.94. The summed E-state index contributed by atoms with van der Waals surface area (Å²) < 4.78 is 0. The molecule has 0 bridgehead atoms. The molecule has 1 heteroatoms. The van der Waals surface area contributed by atoms with E-state index in [1.165, 1.54) is 66.1 Å². The number of benzene rings is 8. The molecule has 8 aromatic carbocycles.